The molecule has 1 aromatic heterocycles. The number of primary amides is 1. The van der Waals surface area contributed by atoms with Crippen LogP contribution in [-0.4, -0.2) is 15.3 Å². The van der Waals surface area contributed by atoms with E-state index in [2.05, 4.69) is 9.36 Å². The number of carbonyl (C=O) groups excluding carboxylic acids is 1. The van der Waals surface area contributed by atoms with E-state index in [0.29, 0.717) is 5.56 Å². The number of benzene rings is 1. The lowest BCUT2D eigenvalue weighted by atomic mass is 10.1. The third-order valence-electron chi connectivity index (χ3n) is 1.92. The van der Waals surface area contributed by atoms with Crippen LogP contribution in [0.2, 0.25) is 0 Å². The van der Waals surface area contributed by atoms with Gasteiger partial charge in [0.05, 0.1) is 0 Å². The summed E-state index contributed by atoms with van der Waals surface area (Å²) in [6.07, 6.45) is 0. The van der Waals surface area contributed by atoms with Crippen molar-refractivity contribution in [1.82, 2.24) is 9.36 Å². The third-order valence-corrected chi connectivity index (χ3v) is 2.78. The largest absolute Gasteiger partial charge is 0.366 e. The van der Waals surface area contributed by atoms with E-state index in [-0.39, 0.29) is 0 Å². The minimum atomic E-state index is -0.432. The molecule has 0 fully saturated rings. The van der Waals surface area contributed by atoms with Gasteiger partial charge in [-0.1, -0.05) is 12.1 Å². The van der Waals surface area contributed by atoms with Gasteiger partial charge < -0.3 is 5.73 Å². The van der Waals surface area contributed by atoms with Crippen molar-refractivity contribution in [1.29, 1.82) is 0 Å². The lowest BCUT2D eigenvalue weighted by Gasteiger charge is -1.98. The normalized spacial score (nSPS) is 10.2. The van der Waals surface area contributed by atoms with E-state index in [1.54, 1.807) is 18.2 Å². The Balaban J connectivity index is 2.45. The Morgan fingerprint density at radius 1 is 1.47 bits per heavy atom. The van der Waals surface area contributed by atoms with Crippen molar-refractivity contribution in [3.8, 4) is 10.6 Å². The van der Waals surface area contributed by atoms with Crippen molar-refractivity contribution < 1.29 is 4.79 Å². The van der Waals surface area contributed by atoms with Crippen molar-refractivity contribution in [2.24, 2.45) is 5.73 Å². The van der Waals surface area contributed by atoms with Crippen LogP contribution in [0.4, 0.5) is 0 Å². The zero-order chi connectivity index (χ0) is 10.8. The molecule has 76 valence electrons. The molecule has 2 N–H and O–H groups in total. The summed E-state index contributed by atoms with van der Waals surface area (Å²) in [5.74, 6) is 0.303. The fourth-order valence-electron chi connectivity index (χ4n) is 1.22. The molecular weight excluding hydrogens is 210 g/mol. The van der Waals surface area contributed by atoms with Gasteiger partial charge in [0.1, 0.15) is 10.8 Å². The van der Waals surface area contributed by atoms with Gasteiger partial charge in [-0.15, -0.1) is 0 Å². The van der Waals surface area contributed by atoms with E-state index in [1.807, 2.05) is 13.0 Å². The summed E-state index contributed by atoms with van der Waals surface area (Å²) in [6.45, 7) is 1.83. The van der Waals surface area contributed by atoms with Gasteiger partial charge >= 0.3 is 0 Å². The molecule has 0 aliphatic carbocycles. The van der Waals surface area contributed by atoms with Crippen molar-refractivity contribution in [3.63, 3.8) is 0 Å². The minimum absolute atomic E-state index is 0.432. The molecule has 0 unspecified atom stereocenters. The predicted octanol–water partition coefficient (Wildman–Crippen LogP) is 1.61. The summed E-state index contributed by atoms with van der Waals surface area (Å²) < 4.78 is 4.08. The Kier molecular flexibility index (Phi) is 2.47. The van der Waals surface area contributed by atoms with Gasteiger partial charge in [0.2, 0.25) is 5.91 Å². The molecular formula is C10H9N3OS. The molecule has 1 aromatic carbocycles. The number of carbonyl (C=O) groups is 1. The van der Waals surface area contributed by atoms with Crippen LogP contribution < -0.4 is 5.73 Å². The zero-order valence-corrected chi connectivity index (χ0v) is 8.91. The third kappa shape index (κ3) is 2.02. The maximum atomic E-state index is 11.0. The predicted molar refractivity (Wildman–Crippen MR) is 58.6 cm³/mol. The SMILES string of the molecule is Cc1nsc(-c2cccc(C(N)=O)c2)n1. The van der Waals surface area contributed by atoms with Gasteiger partial charge in [-0.25, -0.2) is 4.98 Å². The molecule has 0 saturated heterocycles. The quantitative estimate of drug-likeness (QED) is 0.834. The highest BCUT2D eigenvalue weighted by Gasteiger charge is 2.06. The summed E-state index contributed by atoms with van der Waals surface area (Å²) in [5, 5.41) is 0.801. The number of rotatable bonds is 2. The summed E-state index contributed by atoms with van der Waals surface area (Å²) >= 11 is 1.31. The van der Waals surface area contributed by atoms with Crippen LogP contribution in [0.25, 0.3) is 10.6 Å². The van der Waals surface area contributed by atoms with Crippen LogP contribution in [0.5, 0.6) is 0 Å². The monoisotopic (exact) mass is 219 g/mol. The first-order valence-electron chi connectivity index (χ1n) is 4.37. The van der Waals surface area contributed by atoms with Crippen molar-refractivity contribution >= 4 is 17.4 Å². The molecule has 0 bridgehead atoms. The molecule has 4 nitrogen and oxygen atoms in total. The highest BCUT2D eigenvalue weighted by Crippen LogP contribution is 2.21. The summed E-state index contributed by atoms with van der Waals surface area (Å²) in [5.41, 5.74) is 6.55. The van der Waals surface area contributed by atoms with Crippen LogP contribution in [-0.2, 0) is 0 Å². The topological polar surface area (TPSA) is 68.9 Å². The molecule has 0 spiro atoms. The first-order chi connectivity index (χ1) is 7.16. The number of nitrogens with two attached hydrogens (primary N) is 1. The summed E-state index contributed by atoms with van der Waals surface area (Å²) in [6, 6.07) is 7.07. The summed E-state index contributed by atoms with van der Waals surface area (Å²) in [4.78, 5) is 15.2. The standard InChI is InChI=1S/C10H9N3OS/c1-6-12-10(15-13-6)8-4-2-3-7(5-8)9(11)14/h2-5H,1H3,(H2,11,14). The van der Waals surface area contributed by atoms with E-state index in [4.69, 9.17) is 5.73 Å². The van der Waals surface area contributed by atoms with Gasteiger partial charge in [0, 0.05) is 11.1 Å². The Bertz CT molecular complexity index is 507. The lowest BCUT2D eigenvalue weighted by molar-refractivity contribution is 0.100. The van der Waals surface area contributed by atoms with E-state index in [1.165, 1.54) is 11.5 Å². The molecule has 1 amide bonds. The molecule has 2 rings (SSSR count). The fraction of sp³-hybridized carbons (Fsp3) is 0.100. The highest BCUT2D eigenvalue weighted by molar-refractivity contribution is 7.09. The fourth-order valence-corrected chi connectivity index (χ4v) is 1.88. The zero-order valence-electron chi connectivity index (χ0n) is 8.10. The number of hydrogen-bond acceptors (Lipinski definition) is 4. The van der Waals surface area contributed by atoms with Gasteiger partial charge in [-0.2, -0.15) is 4.37 Å². The average Bonchev–Trinajstić information content (AvgIpc) is 2.65. The minimum Gasteiger partial charge on any atom is -0.366 e. The van der Waals surface area contributed by atoms with E-state index in [0.717, 1.165) is 16.4 Å². The molecule has 1 heterocycles. The highest BCUT2D eigenvalue weighted by atomic mass is 32.1. The van der Waals surface area contributed by atoms with Crippen molar-refractivity contribution in [2.45, 2.75) is 6.92 Å². The van der Waals surface area contributed by atoms with E-state index in [9.17, 15) is 4.79 Å². The van der Waals surface area contributed by atoms with Gasteiger partial charge in [0.15, 0.2) is 0 Å². The first-order valence-corrected chi connectivity index (χ1v) is 5.15. The molecule has 0 saturated carbocycles. The van der Waals surface area contributed by atoms with Crippen molar-refractivity contribution in [3.05, 3.63) is 35.7 Å². The Labute approximate surface area is 90.9 Å². The van der Waals surface area contributed by atoms with Gasteiger partial charge in [-0.3, -0.25) is 4.79 Å². The molecule has 0 aliphatic heterocycles. The van der Waals surface area contributed by atoms with E-state index < -0.39 is 5.91 Å². The number of amides is 1. The Morgan fingerprint density at radius 3 is 2.87 bits per heavy atom. The maximum Gasteiger partial charge on any atom is 0.248 e. The number of nitrogens with zero attached hydrogens (tertiary/aromatic N) is 2. The number of aromatic nitrogens is 2. The van der Waals surface area contributed by atoms with Gasteiger partial charge in [0.25, 0.3) is 0 Å². The second kappa shape index (κ2) is 3.78. The molecule has 5 heteroatoms. The molecule has 2 aromatic rings. The van der Waals surface area contributed by atoms with Crippen LogP contribution >= 0.6 is 11.5 Å². The first kappa shape index (κ1) is 9.79. The van der Waals surface area contributed by atoms with Crippen LogP contribution in [0.3, 0.4) is 0 Å². The lowest BCUT2D eigenvalue weighted by Crippen LogP contribution is -2.10. The van der Waals surface area contributed by atoms with Gasteiger partial charge in [-0.05, 0) is 30.6 Å². The number of hydrogen-bond donors (Lipinski definition) is 1. The van der Waals surface area contributed by atoms with Crippen molar-refractivity contribution in [2.75, 3.05) is 0 Å². The smallest absolute Gasteiger partial charge is 0.248 e. The second-order valence-corrected chi connectivity index (χ2v) is 3.84. The Hall–Kier alpha value is -1.75. The Morgan fingerprint density at radius 2 is 2.27 bits per heavy atom. The van der Waals surface area contributed by atoms with Crippen LogP contribution in [0.15, 0.2) is 24.3 Å². The molecule has 0 aliphatic rings. The second-order valence-electron chi connectivity index (χ2n) is 3.09. The number of aryl methyl sites for hydroxylation is 1. The molecule has 0 atom stereocenters. The molecule has 15 heavy (non-hydrogen) atoms. The molecule has 0 radical (unpaired) electrons. The maximum absolute atomic E-state index is 11.0. The summed E-state index contributed by atoms with van der Waals surface area (Å²) in [7, 11) is 0. The van der Waals surface area contributed by atoms with Crippen LogP contribution in [0, 0.1) is 6.92 Å². The average molecular weight is 219 g/mol. The van der Waals surface area contributed by atoms with E-state index >= 15 is 0 Å². The van der Waals surface area contributed by atoms with Crippen LogP contribution in [0.1, 0.15) is 16.2 Å².